The van der Waals surface area contributed by atoms with Crippen molar-refractivity contribution < 1.29 is 9.22 Å². The van der Waals surface area contributed by atoms with E-state index in [4.69, 9.17) is 4.43 Å². The second-order valence-corrected chi connectivity index (χ2v) is 15.9. The highest BCUT2D eigenvalue weighted by atomic mass is 28.4. The maximum absolute atomic E-state index is 13.4. The van der Waals surface area contributed by atoms with E-state index in [9.17, 15) is 10.1 Å². The van der Waals surface area contributed by atoms with Crippen molar-refractivity contribution in [3.8, 4) is 6.07 Å². The Balaban J connectivity index is 2.97. The zero-order valence-corrected chi connectivity index (χ0v) is 21.9. The lowest BCUT2D eigenvalue weighted by Crippen LogP contribution is -2.42. The second kappa shape index (κ2) is 11.4. The Morgan fingerprint density at radius 3 is 2.37 bits per heavy atom. The molecule has 1 aliphatic rings. The van der Waals surface area contributed by atoms with Crippen LogP contribution in [0.5, 0.6) is 0 Å². The fourth-order valence-corrected chi connectivity index (χ4v) is 4.67. The SMILES string of the molecule is C/C1=C\CC[C@](C)(CCO[Si](C)(C)C(C)(C)C)C(=O)CC(C#N)CC/C(C)=C/CC1. The minimum absolute atomic E-state index is 0.165. The summed E-state index contributed by atoms with van der Waals surface area (Å²) in [6.07, 6.45) is 11.2. The number of rotatable bonds is 4. The summed E-state index contributed by atoms with van der Waals surface area (Å²) in [5.41, 5.74) is 2.31. The molecule has 0 aromatic rings. The fourth-order valence-electron chi connectivity index (χ4n) is 3.62. The van der Waals surface area contributed by atoms with Crippen molar-refractivity contribution in [1.29, 1.82) is 5.26 Å². The predicted octanol–water partition coefficient (Wildman–Crippen LogP) is 7.75. The highest BCUT2D eigenvalue weighted by Crippen LogP contribution is 2.38. The van der Waals surface area contributed by atoms with Crippen molar-refractivity contribution in [3.63, 3.8) is 0 Å². The molecule has 1 unspecified atom stereocenters. The summed E-state index contributed by atoms with van der Waals surface area (Å²) in [6.45, 7) is 18.3. The molecule has 0 heterocycles. The van der Waals surface area contributed by atoms with Gasteiger partial charge in [0, 0.05) is 18.4 Å². The van der Waals surface area contributed by atoms with E-state index in [-0.39, 0.29) is 16.7 Å². The topological polar surface area (TPSA) is 50.1 Å². The monoisotopic (exact) mass is 431 g/mol. The van der Waals surface area contributed by atoms with Gasteiger partial charge in [0.25, 0.3) is 0 Å². The first kappa shape index (κ1) is 26.9. The summed E-state index contributed by atoms with van der Waals surface area (Å²) < 4.78 is 6.41. The fraction of sp³-hybridized carbons (Fsp3) is 0.769. The maximum Gasteiger partial charge on any atom is 0.191 e. The maximum atomic E-state index is 13.4. The molecule has 0 bridgehead atoms. The van der Waals surface area contributed by atoms with Crippen LogP contribution in [0.1, 0.15) is 92.9 Å². The first-order chi connectivity index (χ1) is 13.8. The van der Waals surface area contributed by atoms with Gasteiger partial charge in [0.1, 0.15) is 5.78 Å². The third kappa shape index (κ3) is 8.51. The average molecular weight is 432 g/mol. The number of allylic oxidation sites excluding steroid dienone is 4. The van der Waals surface area contributed by atoms with Gasteiger partial charge in [-0.1, -0.05) is 51.0 Å². The van der Waals surface area contributed by atoms with Crippen LogP contribution in [0.15, 0.2) is 23.3 Å². The Morgan fingerprint density at radius 1 is 1.17 bits per heavy atom. The molecule has 0 aromatic heterocycles. The molecule has 0 radical (unpaired) electrons. The van der Waals surface area contributed by atoms with E-state index in [2.05, 4.69) is 72.9 Å². The van der Waals surface area contributed by atoms with E-state index in [0.717, 1.165) is 44.9 Å². The molecular formula is C26H45NO2Si. The van der Waals surface area contributed by atoms with Crippen LogP contribution in [0.4, 0.5) is 0 Å². The Kier molecular flexibility index (Phi) is 10.2. The zero-order valence-electron chi connectivity index (χ0n) is 20.9. The number of ketones is 1. The van der Waals surface area contributed by atoms with Crippen molar-refractivity contribution in [2.75, 3.05) is 6.61 Å². The van der Waals surface area contributed by atoms with Gasteiger partial charge in [-0.2, -0.15) is 5.26 Å². The van der Waals surface area contributed by atoms with E-state index in [1.54, 1.807) is 0 Å². The summed E-state index contributed by atoms with van der Waals surface area (Å²) in [4.78, 5) is 13.4. The summed E-state index contributed by atoms with van der Waals surface area (Å²) in [6, 6.07) is 2.40. The number of carbonyl (C=O) groups excluding carboxylic acids is 1. The van der Waals surface area contributed by atoms with Gasteiger partial charge in [-0.05, 0) is 76.9 Å². The largest absolute Gasteiger partial charge is 0.417 e. The Bertz CT molecular complexity index is 678. The molecule has 1 aliphatic carbocycles. The summed E-state index contributed by atoms with van der Waals surface area (Å²) >= 11 is 0. The van der Waals surface area contributed by atoms with Crippen LogP contribution in [-0.4, -0.2) is 20.7 Å². The smallest absolute Gasteiger partial charge is 0.191 e. The van der Waals surface area contributed by atoms with E-state index >= 15 is 0 Å². The lowest BCUT2D eigenvalue weighted by molar-refractivity contribution is -0.129. The normalized spacial score (nSPS) is 29.2. The van der Waals surface area contributed by atoms with Gasteiger partial charge in [-0.3, -0.25) is 4.79 Å². The number of hydrogen-bond donors (Lipinski definition) is 0. The lowest BCUT2D eigenvalue weighted by atomic mass is 9.75. The second-order valence-electron chi connectivity index (χ2n) is 11.1. The molecule has 0 saturated heterocycles. The highest BCUT2D eigenvalue weighted by molar-refractivity contribution is 6.74. The van der Waals surface area contributed by atoms with Crippen LogP contribution in [-0.2, 0) is 9.22 Å². The van der Waals surface area contributed by atoms with E-state index < -0.39 is 13.7 Å². The quantitative estimate of drug-likeness (QED) is 0.337. The molecule has 0 N–H and O–H groups in total. The van der Waals surface area contributed by atoms with Gasteiger partial charge in [0.05, 0.1) is 12.0 Å². The number of carbonyl (C=O) groups is 1. The molecule has 0 aromatic carbocycles. The first-order valence-corrected chi connectivity index (χ1v) is 14.6. The average Bonchev–Trinajstić information content (AvgIpc) is 2.63. The minimum atomic E-state index is -1.83. The number of Topliss-reactive ketones (excluding diaryl/α,β-unsaturated/α-hetero) is 1. The van der Waals surface area contributed by atoms with Crippen LogP contribution in [0.2, 0.25) is 18.1 Å². The molecule has 0 fully saturated rings. The van der Waals surface area contributed by atoms with Crippen molar-refractivity contribution in [3.05, 3.63) is 23.3 Å². The van der Waals surface area contributed by atoms with Crippen LogP contribution in [0.25, 0.3) is 0 Å². The molecule has 2 atom stereocenters. The van der Waals surface area contributed by atoms with Crippen molar-refractivity contribution in [1.82, 2.24) is 0 Å². The Labute approximate surface area is 187 Å². The third-order valence-electron chi connectivity index (χ3n) is 7.32. The van der Waals surface area contributed by atoms with Gasteiger partial charge in [-0.15, -0.1) is 0 Å². The molecule has 170 valence electrons. The van der Waals surface area contributed by atoms with E-state index in [1.807, 2.05) is 0 Å². The van der Waals surface area contributed by atoms with E-state index in [0.29, 0.717) is 13.0 Å². The Hall–Kier alpha value is -1.18. The minimum Gasteiger partial charge on any atom is -0.417 e. The number of nitriles is 1. The molecule has 30 heavy (non-hydrogen) atoms. The van der Waals surface area contributed by atoms with Gasteiger partial charge >= 0.3 is 0 Å². The summed E-state index contributed by atoms with van der Waals surface area (Å²) in [5.74, 6) is 0.0410. The van der Waals surface area contributed by atoms with Crippen molar-refractivity contribution in [2.45, 2.75) is 111 Å². The molecule has 1 rings (SSSR count). The molecular weight excluding hydrogens is 386 g/mol. The predicted molar refractivity (Wildman–Crippen MR) is 130 cm³/mol. The van der Waals surface area contributed by atoms with Gasteiger partial charge in [0.15, 0.2) is 8.32 Å². The van der Waals surface area contributed by atoms with Gasteiger partial charge in [0.2, 0.25) is 0 Å². The number of hydrogen-bond acceptors (Lipinski definition) is 3. The molecule has 0 amide bonds. The van der Waals surface area contributed by atoms with Gasteiger partial charge in [-0.25, -0.2) is 0 Å². The van der Waals surface area contributed by atoms with Gasteiger partial charge < -0.3 is 4.43 Å². The highest BCUT2D eigenvalue weighted by Gasteiger charge is 2.39. The van der Waals surface area contributed by atoms with Crippen LogP contribution < -0.4 is 0 Å². The molecule has 0 saturated carbocycles. The Morgan fingerprint density at radius 2 is 1.77 bits per heavy atom. The van der Waals surface area contributed by atoms with Crippen LogP contribution >= 0.6 is 0 Å². The summed E-state index contributed by atoms with van der Waals surface area (Å²) in [5, 5.41) is 9.79. The van der Waals surface area contributed by atoms with Crippen LogP contribution in [0, 0.1) is 22.7 Å². The molecule has 4 heteroatoms. The first-order valence-electron chi connectivity index (χ1n) is 11.7. The summed E-state index contributed by atoms with van der Waals surface area (Å²) in [7, 11) is -1.83. The molecule has 0 spiro atoms. The third-order valence-corrected chi connectivity index (χ3v) is 11.9. The van der Waals surface area contributed by atoms with Crippen LogP contribution in [0.3, 0.4) is 0 Å². The van der Waals surface area contributed by atoms with Crippen molar-refractivity contribution >= 4 is 14.1 Å². The number of nitrogens with zero attached hydrogens (tertiary/aromatic N) is 1. The zero-order chi connectivity index (χ0) is 23.0. The molecule has 3 nitrogen and oxygen atoms in total. The van der Waals surface area contributed by atoms with E-state index in [1.165, 1.54) is 11.1 Å². The molecule has 0 aliphatic heterocycles. The lowest BCUT2D eigenvalue weighted by Gasteiger charge is -2.37. The van der Waals surface area contributed by atoms with Crippen molar-refractivity contribution in [2.24, 2.45) is 11.3 Å². The standard InChI is InChI=1S/C26H45NO2Si/c1-21-11-9-12-22(2)14-15-23(20-27)19-24(28)26(6,16-10-13-21)17-18-29-30(7,8)25(3,4)5/h12-13,23H,9-11,14-19H2,1-8H3/b21-13+,22-12+/t23?,26-/m1/s1.